The van der Waals surface area contributed by atoms with Crippen LogP contribution in [0.5, 0.6) is 0 Å². The average Bonchev–Trinajstić information content (AvgIpc) is 3.26. The highest BCUT2D eigenvalue weighted by atomic mass is 28.4. The number of rotatable bonds is 5. The number of hydrogen-bond acceptors (Lipinski definition) is 2. The number of aldehydes is 1. The molecule has 5 rings (SSSR count). The molecule has 0 radical (unpaired) electrons. The highest BCUT2D eigenvalue weighted by Crippen LogP contribution is 2.77. The lowest BCUT2D eigenvalue weighted by Crippen LogP contribution is -2.67. The molecule has 0 aromatic heterocycles. The van der Waals surface area contributed by atoms with E-state index in [-0.39, 0.29) is 15.9 Å². The fourth-order valence-electron chi connectivity index (χ4n) is 12.2. The van der Waals surface area contributed by atoms with Crippen LogP contribution in [0.3, 0.4) is 0 Å². The molecule has 0 aromatic rings. The lowest BCUT2D eigenvalue weighted by Gasteiger charge is -2.73. The van der Waals surface area contributed by atoms with Crippen LogP contribution in [0.4, 0.5) is 0 Å². The molecular formula is C37H64O2Si. The number of allylic oxidation sites excluding steroid dienone is 1. The van der Waals surface area contributed by atoms with Crippen molar-refractivity contribution in [3.05, 3.63) is 12.2 Å². The van der Waals surface area contributed by atoms with Crippen molar-refractivity contribution in [3.8, 4) is 0 Å². The molecule has 228 valence electrons. The van der Waals surface area contributed by atoms with Crippen LogP contribution in [0.1, 0.15) is 127 Å². The van der Waals surface area contributed by atoms with Crippen molar-refractivity contribution in [3.63, 3.8) is 0 Å². The van der Waals surface area contributed by atoms with Gasteiger partial charge in [-0.15, -0.1) is 0 Å². The number of hydrogen-bond donors (Lipinski definition) is 0. The summed E-state index contributed by atoms with van der Waals surface area (Å²) in [5.41, 5.74) is 2.53. The van der Waals surface area contributed by atoms with Crippen LogP contribution in [0.2, 0.25) is 18.1 Å². The van der Waals surface area contributed by atoms with Gasteiger partial charge in [0.1, 0.15) is 6.29 Å². The van der Waals surface area contributed by atoms with Gasteiger partial charge >= 0.3 is 0 Å². The SMILES string of the molecule is C=C(C)[C@@H]1CC[C@]2(C=O)CC[C@]3(C)C(CCC4[C@@]5(C)CC[C@H](C)[C@@](C)(CO[Si](C)(C)C(C)(C)C)C5CC[C@]43C)C12. The van der Waals surface area contributed by atoms with Gasteiger partial charge in [0.05, 0.1) is 0 Å². The van der Waals surface area contributed by atoms with Crippen molar-refractivity contribution in [1.29, 1.82) is 0 Å². The molecule has 5 aliphatic carbocycles. The summed E-state index contributed by atoms with van der Waals surface area (Å²) in [5.74, 6) is 3.93. The zero-order valence-corrected chi connectivity index (χ0v) is 29.3. The minimum Gasteiger partial charge on any atom is -0.416 e. The Kier molecular flexibility index (Phi) is 7.40. The van der Waals surface area contributed by atoms with Gasteiger partial charge in [0.25, 0.3) is 0 Å². The van der Waals surface area contributed by atoms with Gasteiger partial charge in [0.2, 0.25) is 0 Å². The molecule has 5 aliphatic rings. The van der Waals surface area contributed by atoms with Gasteiger partial charge in [-0.1, -0.05) is 67.5 Å². The molecule has 5 saturated carbocycles. The quantitative estimate of drug-likeness (QED) is 0.187. The predicted octanol–water partition coefficient (Wildman–Crippen LogP) is 10.5. The summed E-state index contributed by atoms with van der Waals surface area (Å²) in [6.45, 7) is 33.0. The molecule has 40 heavy (non-hydrogen) atoms. The van der Waals surface area contributed by atoms with Gasteiger partial charge in [0, 0.05) is 12.0 Å². The zero-order chi connectivity index (χ0) is 29.7. The van der Waals surface area contributed by atoms with E-state index in [0.717, 1.165) is 31.3 Å². The molecule has 0 aromatic carbocycles. The van der Waals surface area contributed by atoms with Gasteiger partial charge in [0.15, 0.2) is 8.32 Å². The highest BCUT2D eigenvalue weighted by molar-refractivity contribution is 6.74. The van der Waals surface area contributed by atoms with E-state index in [1.807, 2.05) is 0 Å². The van der Waals surface area contributed by atoms with E-state index in [2.05, 4.69) is 82.0 Å². The Hall–Kier alpha value is -0.413. The first-order chi connectivity index (χ1) is 18.3. The Balaban J connectivity index is 1.48. The number of carbonyl (C=O) groups is 1. The Morgan fingerprint density at radius 1 is 0.900 bits per heavy atom. The Morgan fingerprint density at radius 3 is 2.17 bits per heavy atom. The molecule has 0 aliphatic heterocycles. The third-order valence-electron chi connectivity index (χ3n) is 16.2. The van der Waals surface area contributed by atoms with Crippen molar-refractivity contribution in [2.24, 2.45) is 62.6 Å². The minimum atomic E-state index is -1.81. The van der Waals surface area contributed by atoms with Gasteiger partial charge in [-0.2, -0.15) is 0 Å². The van der Waals surface area contributed by atoms with E-state index in [0.29, 0.717) is 39.9 Å². The first kappa shape index (κ1) is 31.0. The average molecular weight is 569 g/mol. The fourth-order valence-corrected chi connectivity index (χ4v) is 13.3. The van der Waals surface area contributed by atoms with Gasteiger partial charge < -0.3 is 9.22 Å². The fraction of sp³-hybridized carbons (Fsp3) is 0.919. The van der Waals surface area contributed by atoms with Crippen LogP contribution in [0.25, 0.3) is 0 Å². The molecule has 11 atom stereocenters. The smallest absolute Gasteiger partial charge is 0.192 e. The lowest BCUT2D eigenvalue weighted by atomic mass is 9.32. The Bertz CT molecular complexity index is 1030. The number of fused-ring (bicyclic) bond motifs is 7. The van der Waals surface area contributed by atoms with E-state index < -0.39 is 8.32 Å². The zero-order valence-electron chi connectivity index (χ0n) is 28.3. The maximum absolute atomic E-state index is 12.8. The molecule has 4 unspecified atom stereocenters. The molecular weight excluding hydrogens is 504 g/mol. The summed E-state index contributed by atoms with van der Waals surface area (Å²) in [4.78, 5) is 12.8. The lowest BCUT2D eigenvalue weighted by molar-refractivity contribution is -0.244. The van der Waals surface area contributed by atoms with Gasteiger partial charge in [-0.3, -0.25) is 0 Å². The topological polar surface area (TPSA) is 26.3 Å². The summed E-state index contributed by atoms with van der Waals surface area (Å²) in [5, 5.41) is 0.252. The van der Waals surface area contributed by atoms with E-state index >= 15 is 0 Å². The van der Waals surface area contributed by atoms with Crippen molar-refractivity contribution in [2.45, 2.75) is 145 Å². The Labute approximate surface area is 249 Å². The van der Waals surface area contributed by atoms with Crippen LogP contribution >= 0.6 is 0 Å². The second-order valence-electron chi connectivity index (χ2n) is 18.5. The molecule has 0 N–H and O–H groups in total. The van der Waals surface area contributed by atoms with E-state index in [9.17, 15) is 4.79 Å². The van der Waals surface area contributed by atoms with Crippen molar-refractivity contribution >= 4 is 14.6 Å². The summed E-state index contributed by atoms with van der Waals surface area (Å²) in [6.07, 6.45) is 14.1. The highest BCUT2D eigenvalue weighted by Gasteiger charge is 2.71. The minimum absolute atomic E-state index is 0.0853. The largest absolute Gasteiger partial charge is 0.416 e. The van der Waals surface area contributed by atoms with Crippen molar-refractivity contribution < 1.29 is 9.22 Å². The molecule has 2 nitrogen and oxygen atoms in total. The van der Waals surface area contributed by atoms with Crippen LogP contribution in [-0.2, 0) is 9.22 Å². The van der Waals surface area contributed by atoms with Crippen molar-refractivity contribution in [1.82, 2.24) is 0 Å². The molecule has 3 heteroatoms. The summed E-state index contributed by atoms with van der Waals surface area (Å²) in [6, 6.07) is 0. The first-order valence-electron chi connectivity index (χ1n) is 17.1. The monoisotopic (exact) mass is 568 g/mol. The first-order valence-corrected chi connectivity index (χ1v) is 20.0. The second-order valence-corrected chi connectivity index (χ2v) is 23.3. The van der Waals surface area contributed by atoms with Crippen LogP contribution in [-0.4, -0.2) is 21.2 Å². The van der Waals surface area contributed by atoms with E-state index in [4.69, 9.17) is 4.43 Å². The van der Waals surface area contributed by atoms with Gasteiger partial charge in [-0.25, -0.2) is 0 Å². The van der Waals surface area contributed by atoms with Crippen LogP contribution < -0.4 is 0 Å². The normalized spacial score (nSPS) is 50.8. The van der Waals surface area contributed by atoms with E-state index in [1.54, 1.807) is 0 Å². The third-order valence-corrected chi connectivity index (χ3v) is 20.7. The Morgan fingerprint density at radius 2 is 1.57 bits per heavy atom. The summed E-state index contributed by atoms with van der Waals surface area (Å²) >= 11 is 0. The molecule has 5 fully saturated rings. The standard InChI is InChI=1S/C37H64O2Si/c1-25(2)27-16-20-37(23-38)22-21-35(9)28(31(27)37)13-14-30-33(7)18-15-26(3)34(8,29(33)17-19-36(30,35)10)24-39-40(11,12)32(4,5)6/h23,26-31H,1,13-22,24H2,2-12H3/t26-,27-,28?,29?,30?,31?,33-,34+,35+,36+,37+/m0/s1. The molecule has 0 amide bonds. The van der Waals surface area contributed by atoms with Gasteiger partial charge in [-0.05, 0) is 146 Å². The predicted molar refractivity (Wildman–Crippen MR) is 172 cm³/mol. The third kappa shape index (κ3) is 4.04. The van der Waals surface area contributed by atoms with Crippen LogP contribution in [0, 0.1) is 62.6 Å². The maximum atomic E-state index is 12.8. The van der Waals surface area contributed by atoms with E-state index in [1.165, 1.54) is 63.2 Å². The summed E-state index contributed by atoms with van der Waals surface area (Å²) in [7, 11) is -1.81. The van der Waals surface area contributed by atoms with Crippen LogP contribution in [0.15, 0.2) is 12.2 Å². The molecule has 0 heterocycles. The maximum Gasteiger partial charge on any atom is 0.192 e. The number of carbonyl (C=O) groups excluding carboxylic acids is 1. The molecule has 0 bridgehead atoms. The second kappa shape index (κ2) is 9.54. The summed E-state index contributed by atoms with van der Waals surface area (Å²) < 4.78 is 7.07. The van der Waals surface area contributed by atoms with Crippen molar-refractivity contribution in [2.75, 3.05) is 6.61 Å². The molecule has 0 saturated heterocycles. The molecule has 0 spiro atoms.